The van der Waals surface area contributed by atoms with Gasteiger partial charge in [-0.2, -0.15) is 0 Å². The molecule has 0 aliphatic carbocycles. The van der Waals surface area contributed by atoms with Gasteiger partial charge in [0.25, 0.3) is 5.91 Å². The van der Waals surface area contributed by atoms with Gasteiger partial charge < -0.3 is 15.1 Å². The zero-order chi connectivity index (χ0) is 17.8. The normalized spacial score (nSPS) is 21.6. The van der Waals surface area contributed by atoms with Crippen molar-refractivity contribution in [1.82, 2.24) is 25.0 Å². The van der Waals surface area contributed by atoms with Crippen LogP contribution in [-0.2, 0) is 0 Å². The summed E-state index contributed by atoms with van der Waals surface area (Å²) in [7, 11) is 0. The van der Waals surface area contributed by atoms with Crippen molar-refractivity contribution in [2.24, 2.45) is 0 Å². The summed E-state index contributed by atoms with van der Waals surface area (Å²) >= 11 is 0. The highest BCUT2D eigenvalue weighted by atomic mass is 16.2. The maximum absolute atomic E-state index is 12.5. The highest BCUT2D eigenvalue weighted by Gasteiger charge is 2.29. The Kier molecular flexibility index (Phi) is 5.53. The number of rotatable bonds is 3. The summed E-state index contributed by atoms with van der Waals surface area (Å²) in [6.07, 6.45) is 4.24. The Morgan fingerprint density at radius 1 is 1.16 bits per heavy atom. The van der Waals surface area contributed by atoms with Gasteiger partial charge in [-0.25, -0.2) is 4.79 Å². The number of piperazine rings is 1. The minimum Gasteiger partial charge on any atom is -0.335 e. The zero-order valence-electron chi connectivity index (χ0n) is 15.0. The summed E-state index contributed by atoms with van der Waals surface area (Å²) in [6, 6.07) is 4.27. The summed E-state index contributed by atoms with van der Waals surface area (Å²) in [5, 5.41) is 3.14. The van der Waals surface area contributed by atoms with Crippen molar-refractivity contribution >= 4 is 11.9 Å². The second-order valence-corrected chi connectivity index (χ2v) is 7.04. The van der Waals surface area contributed by atoms with E-state index in [1.807, 2.05) is 4.90 Å². The minimum absolute atomic E-state index is 0.0101. The van der Waals surface area contributed by atoms with Crippen LogP contribution in [0.15, 0.2) is 24.5 Å². The molecule has 1 unspecified atom stereocenters. The van der Waals surface area contributed by atoms with E-state index in [1.54, 1.807) is 29.4 Å². The molecule has 3 amide bonds. The molecule has 3 heterocycles. The standard InChI is InChI=1S/C18H27N5O2/c1-14(2)23-7-5-16(13-23)20-18(25)22-10-8-21(9-11-22)17(24)15-4-3-6-19-12-15/h3-4,6,12,14,16H,5,7-11,13H2,1-2H3,(H,20,25). The minimum atomic E-state index is -0.0171. The fraction of sp³-hybridized carbons (Fsp3) is 0.611. The molecule has 25 heavy (non-hydrogen) atoms. The van der Waals surface area contributed by atoms with Crippen LogP contribution in [0.3, 0.4) is 0 Å². The Morgan fingerprint density at radius 2 is 1.88 bits per heavy atom. The quantitative estimate of drug-likeness (QED) is 0.888. The molecule has 1 N–H and O–H groups in total. The van der Waals surface area contributed by atoms with Crippen LogP contribution in [0, 0.1) is 0 Å². The third-order valence-corrected chi connectivity index (χ3v) is 5.04. The smallest absolute Gasteiger partial charge is 0.317 e. The van der Waals surface area contributed by atoms with Crippen LogP contribution in [0.1, 0.15) is 30.6 Å². The molecule has 0 spiro atoms. The van der Waals surface area contributed by atoms with Gasteiger partial charge in [0.1, 0.15) is 0 Å². The first-order chi connectivity index (χ1) is 12.0. The fourth-order valence-corrected chi connectivity index (χ4v) is 3.42. The van der Waals surface area contributed by atoms with Crippen LogP contribution >= 0.6 is 0 Å². The number of aromatic nitrogens is 1. The summed E-state index contributed by atoms with van der Waals surface area (Å²) < 4.78 is 0. The van der Waals surface area contributed by atoms with Crippen molar-refractivity contribution < 1.29 is 9.59 Å². The van der Waals surface area contributed by atoms with Crippen molar-refractivity contribution in [3.63, 3.8) is 0 Å². The van der Waals surface area contributed by atoms with E-state index in [0.29, 0.717) is 37.8 Å². The molecule has 1 aromatic heterocycles. The molecular formula is C18H27N5O2. The third-order valence-electron chi connectivity index (χ3n) is 5.04. The van der Waals surface area contributed by atoms with E-state index in [2.05, 4.69) is 29.0 Å². The molecule has 0 saturated carbocycles. The average Bonchev–Trinajstić information content (AvgIpc) is 3.11. The van der Waals surface area contributed by atoms with Gasteiger partial charge in [-0.3, -0.25) is 14.7 Å². The van der Waals surface area contributed by atoms with Gasteiger partial charge >= 0.3 is 6.03 Å². The number of urea groups is 1. The van der Waals surface area contributed by atoms with Crippen LogP contribution < -0.4 is 5.32 Å². The molecule has 1 atom stereocenters. The van der Waals surface area contributed by atoms with Crippen LogP contribution in [0.4, 0.5) is 4.79 Å². The third kappa shape index (κ3) is 4.28. The van der Waals surface area contributed by atoms with E-state index >= 15 is 0 Å². The number of amides is 3. The Hall–Kier alpha value is -2.15. The van der Waals surface area contributed by atoms with E-state index < -0.39 is 0 Å². The van der Waals surface area contributed by atoms with Crippen LogP contribution in [0.25, 0.3) is 0 Å². The molecule has 0 aromatic carbocycles. The summed E-state index contributed by atoms with van der Waals surface area (Å²) in [5.41, 5.74) is 0.597. The number of nitrogens with zero attached hydrogens (tertiary/aromatic N) is 4. The monoisotopic (exact) mass is 345 g/mol. The van der Waals surface area contributed by atoms with Gasteiger partial charge in [-0.1, -0.05) is 0 Å². The lowest BCUT2D eigenvalue weighted by Crippen LogP contribution is -2.54. The second-order valence-electron chi connectivity index (χ2n) is 7.04. The highest BCUT2D eigenvalue weighted by Crippen LogP contribution is 2.13. The number of carbonyl (C=O) groups excluding carboxylic acids is 2. The molecule has 2 saturated heterocycles. The topological polar surface area (TPSA) is 68.8 Å². The first kappa shape index (κ1) is 17.7. The van der Waals surface area contributed by atoms with Crippen molar-refractivity contribution in [2.45, 2.75) is 32.4 Å². The lowest BCUT2D eigenvalue weighted by atomic mass is 10.2. The van der Waals surface area contributed by atoms with Crippen LogP contribution in [0.5, 0.6) is 0 Å². The predicted octanol–water partition coefficient (Wildman–Crippen LogP) is 1.03. The van der Waals surface area contributed by atoms with E-state index in [-0.39, 0.29) is 18.0 Å². The Labute approximate surface area is 149 Å². The number of pyridine rings is 1. The molecule has 2 fully saturated rings. The van der Waals surface area contributed by atoms with Gasteiger partial charge in [0.15, 0.2) is 0 Å². The number of nitrogens with one attached hydrogen (secondary N) is 1. The average molecular weight is 345 g/mol. The number of likely N-dealkylation sites (tertiary alicyclic amines) is 1. The van der Waals surface area contributed by atoms with Crippen molar-refractivity contribution in [3.8, 4) is 0 Å². The van der Waals surface area contributed by atoms with E-state index in [0.717, 1.165) is 19.5 Å². The van der Waals surface area contributed by atoms with Gasteiger partial charge in [-0.05, 0) is 32.4 Å². The molecular weight excluding hydrogens is 318 g/mol. The second kappa shape index (κ2) is 7.82. The molecule has 2 aliphatic rings. The first-order valence-electron chi connectivity index (χ1n) is 9.03. The first-order valence-corrected chi connectivity index (χ1v) is 9.03. The Balaban J connectivity index is 1.46. The van der Waals surface area contributed by atoms with E-state index in [9.17, 15) is 9.59 Å². The number of carbonyl (C=O) groups is 2. The molecule has 0 radical (unpaired) electrons. The summed E-state index contributed by atoms with van der Waals surface area (Å²) in [6.45, 7) is 8.58. The molecule has 3 rings (SSSR count). The summed E-state index contributed by atoms with van der Waals surface area (Å²) in [5.74, 6) is -0.0171. The molecule has 136 valence electrons. The van der Waals surface area contributed by atoms with Crippen LogP contribution in [-0.4, -0.2) is 83.0 Å². The van der Waals surface area contributed by atoms with Crippen molar-refractivity contribution in [1.29, 1.82) is 0 Å². The van der Waals surface area contributed by atoms with Crippen molar-refractivity contribution in [3.05, 3.63) is 30.1 Å². The SMILES string of the molecule is CC(C)N1CCC(NC(=O)N2CCN(C(=O)c3cccnc3)CC2)C1. The number of hydrogen-bond donors (Lipinski definition) is 1. The fourth-order valence-electron chi connectivity index (χ4n) is 3.42. The van der Waals surface area contributed by atoms with Gasteiger partial charge in [0, 0.05) is 63.7 Å². The van der Waals surface area contributed by atoms with Gasteiger partial charge in [-0.15, -0.1) is 0 Å². The molecule has 0 bridgehead atoms. The maximum Gasteiger partial charge on any atom is 0.317 e. The van der Waals surface area contributed by atoms with E-state index in [1.165, 1.54) is 0 Å². The molecule has 2 aliphatic heterocycles. The van der Waals surface area contributed by atoms with Gasteiger partial charge in [0.2, 0.25) is 0 Å². The highest BCUT2D eigenvalue weighted by molar-refractivity contribution is 5.94. The largest absolute Gasteiger partial charge is 0.335 e. The predicted molar refractivity (Wildman–Crippen MR) is 95.4 cm³/mol. The number of hydrogen-bond acceptors (Lipinski definition) is 4. The van der Waals surface area contributed by atoms with Gasteiger partial charge in [0.05, 0.1) is 5.56 Å². The molecule has 1 aromatic rings. The molecule has 7 nitrogen and oxygen atoms in total. The van der Waals surface area contributed by atoms with E-state index in [4.69, 9.17) is 0 Å². The summed E-state index contributed by atoms with van der Waals surface area (Å²) in [4.78, 5) is 34.9. The molecule has 7 heteroatoms. The lowest BCUT2D eigenvalue weighted by molar-refractivity contribution is 0.0663. The Morgan fingerprint density at radius 3 is 2.48 bits per heavy atom. The Bertz CT molecular complexity index is 599. The lowest BCUT2D eigenvalue weighted by Gasteiger charge is -2.35. The maximum atomic E-state index is 12.5. The van der Waals surface area contributed by atoms with Crippen LogP contribution in [0.2, 0.25) is 0 Å². The van der Waals surface area contributed by atoms with Crippen molar-refractivity contribution in [2.75, 3.05) is 39.3 Å². The zero-order valence-corrected chi connectivity index (χ0v) is 15.0.